The number of carbonyl (C=O) groups excluding carboxylic acids is 3. The third-order valence-corrected chi connectivity index (χ3v) is 5.59. The van der Waals surface area contributed by atoms with Crippen LogP contribution < -0.4 is 0 Å². The van der Waals surface area contributed by atoms with Crippen molar-refractivity contribution in [3.63, 3.8) is 0 Å². The molecule has 29 heavy (non-hydrogen) atoms. The van der Waals surface area contributed by atoms with Crippen LogP contribution in [0.5, 0.6) is 0 Å². The molecule has 1 aromatic carbocycles. The molecule has 0 bridgehead atoms. The zero-order valence-corrected chi connectivity index (χ0v) is 16.2. The number of hydrogen-bond acceptors (Lipinski definition) is 3. The maximum Gasteiger partial charge on any atom is 0.471 e. The molecular formula is C20H24F3N3O3. The fraction of sp³-hybridized carbons (Fsp3) is 0.550. The number of hydrogen-bond donors (Lipinski definition) is 0. The SMILES string of the molecule is CC(c1ccccc1)N1CC(C(=O)N2CCCN(C(=O)C(F)(F)F)CC2)CC1=O. The second-order valence-corrected chi connectivity index (χ2v) is 7.50. The number of likely N-dealkylation sites (tertiary alicyclic amines) is 1. The number of benzene rings is 1. The van der Waals surface area contributed by atoms with Gasteiger partial charge < -0.3 is 14.7 Å². The molecule has 2 heterocycles. The van der Waals surface area contributed by atoms with Gasteiger partial charge in [-0.3, -0.25) is 14.4 Å². The number of rotatable bonds is 3. The zero-order chi connectivity index (χ0) is 21.2. The third kappa shape index (κ3) is 4.71. The van der Waals surface area contributed by atoms with E-state index >= 15 is 0 Å². The van der Waals surface area contributed by atoms with Crippen molar-refractivity contribution in [2.75, 3.05) is 32.7 Å². The number of alkyl halides is 3. The Morgan fingerprint density at radius 3 is 2.31 bits per heavy atom. The van der Waals surface area contributed by atoms with Crippen LogP contribution in [0.3, 0.4) is 0 Å². The Kier molecular flexibility index (Phi) is 6.14. The fourth-order valence-electron chi connectivity index (χ4n) is 3.96. The van der Waals surface area contributed by atoms with E-state index in [0.717, 1.165) is 10.5 Å². The molecule has 3 rings (SSSR count). The lowest BCUT2D eigenvalue weighted by Crippen LogP contribution is -2.44. The average molecular weight is 411 g/mol. The Bertz CT molecular complexity index is 769. The van der Waals surface area contributed by atoms with Gasteiger partial charge in [-0.1, -0.05) is 30.3 Å². The lowest BCUT2D eigenvalue weighted by Gasteiger charge is -2.27. The second-order valence-electron chi connectivity index (χ2n) is 7.50. The van der Waals surface area contributed by atoms with Crippen LogP contribution in [0.2, 0.25) is 0 Å². The Morgan fingerprint density at radius 2 is 1.66 bits per heavy atom. The summed E-state index contributed by atoms with van der Waals surface area (Å²) in [6.45, 7) is 2.32. The van der Waals surface area contributed by atoms with Crippen LogP contribution in [0.25, 0.3) is 0 Å². The first-order valence-electron chi connectivity index (χ1n) is 9.67. The lowest BCUT2D eigenvalue weighted by molar-refractivity contribution is -0.185. The normalized spacial score (nSPS) is 21.9. The molecule has 9 heteroatoms. The van der Waals surface area contributed by atoms with E-state index < -0.39 is 18.0 Å². The van der Waals surface area contributed by atoms with Crippen molar-refractivity contribution < 1.29 is 27.6 Å². The minimum absolute atomic E-state index is 0.0388. The molecule has 0 radical (unpaired) electrons. The van der Waals surface area contributed by atoms with Gasteiger partial charge in [0.2, 0.25) is 11.8 Å². The van der Waals surface area contributed by atoms with Crippen LogP contribution in [-0.4, -0.2) is 71.3 Å². The van der Waals surface area contributed by atoms with Gasteiger partial charge in [-0.2, -0.15) is 13.2 Å². The van der Waals surface area contributed by atoms with Gasteiger partial charge in [0, 0.05) is 39.1 Å². The minimum atomic E-state index is -4.91. The third-order valence-electron chi connectivity index (χ3n) is 5.59. The number of nitrogens with zero attached hydrogens (tertiary/aromatic N) is 3. The van der Waals surface area contributed by atoms with Crippen LogP contribution in [0.1, 0.15) is 31.4 Å². The van der Waals surface area contributed by atoms with Gasteiger partial charge in [0.15, 0.2) is 0 Å². The molecule has 2 atom stereocenters. The van der Waals surface area contributed by atoms with Gasteiger partial charge in [-0.25, -0.2) is 0 Å². The molecule has 2 fully saturated rings. The molecule has 6 nitrogen and oxygen atoms in total. The monoisotopic (exact) mass is 411 g/mol. The highest BCUT2D eigenvalue weighted by atomic mass is 19.4. The van der Waals surface area contributed by atoms with Crippen molar-refractivity contribution in [3.05, 3.63) is 35.9 Å². The molecule has 0 aliphatic carbocycles. The molecule has 0 aromatic heterocycles. The second kappa shape index (κ2) is 8.42. The fourth-order valence-corrected chi connectivity index (χ4v) is 3.96. The van der Waals surface area contributed by atoms with E-state index in [-0.39, 0.29) is 63.4 Å². The summed E-state index contributed by atoms with van der Waals surface area (Å²) >= 11 is 0. The summed E-state index contributed by atoms with van der Waals surface area (Å²) in [6.07, 6.45) is -4.54. The molecule has 0 spiro atoms. The average Bonchev–Trinajstić information content (AvgIpc) is 2.92. The molecular weight excluding hydrogens is 387 g/mol. The summed E-state index contributed by atoms with van der Waals surface area (Å²) < 4.78 is 38.0. The summed E-state index contributed by atoms with van der Waals surface area (Å²) in [4.78, 5) is 40.7. The van der Waals surface area contributed by atoms with Crippen molar-refractivity contribution in [1.82, 2.24) is 14.7 Å². The number of halogens is 3. The van der Waals surface area contributed by atoms with Gasteiger partial charge >= 0.3 is 12.1 Å². The highest BCUT2D eigenvalue weighted by Gasteiger charge is 2.43. The first kappa shape index (κ1) is 21.1. The van der Waals surface area contributed by atoms with E-state index in [0.29, 0.717) is 0 Å². The smallest absolute Gasteiger partial charge is 0.341 e. The molecule has 2 aliphatic heterocycles. The Labute approximate surface area is 167 Å². The van der Waals surface area contributed by atoms with Crippen molar-refractivity contribution in [3.8, 4) is 0 Å². The standard InChI is InChI=1S/C20H24F3N3O3/c1-14(15-6-3-2-4-7-15)26-13-16(12-17(26)27)18(28)24-8-5-9-25(11-10-24)19(29)20(21,22)23/h2-4,6-7,14,16H,5,8-13H2,1H3. The Hall–Kier alpha value is -2.58. The van der Waals surface area contributed by atoms with Crippen LogP contribution >= 0.6 is 0 Å². The van der Waals surface area contributed by atoms with Crippen molar-refractivity contribution in [2.45, 2.75) is 32.0 Å². The first-order chi connectivity index (χ1) is 13.7. The van der Waals surface area contributed by atoms with Gasteiger partial charge in [0.25, 0.3) is 0 Å². The summed E-state index contributed by atoms with van der Waals surface area (Å²) in [5, 5.41) is 0. The van der Waals surface area contributed by atoms with E-state index in [4.69, 9.17) is 0 Å². The van der Waals surface area contributed by atoms with Gasteiger partial charge in [-0.15, -0.1) is 0 Å². The summed E-state index contributed by atoms with van der Waals surface area (Å²) in [5.41, 5.74) is 0.977. The van der Waals surface area contributed by atoms with E-state index in [2.05, 4.69) is 0 Å². The van der Waals surface area contributed by atoms with E-state index in [1.807, 2.05) is 37.3 Å². The van der Waals surface area contributed by atoms with Gasteiger partial charge in [-0.05, 0) is 18.9 Å². The van der Waals surface area contributed by atoms with Gasteiger partial charge in [0.05, 0.1) is 12.0 Å². The zero-order valence-electron chi connectivity index (χ0n) is 16.2. The van der Waals surface area contributed by atoms with Crippen LogP contribution in [0, 0.1) is 5.92 Å². The van der Waals surface area contributed by atoms with E-state index in [1.165, 1.54) is 4.90 Å². The van der Waals surface area contributed by atoms with Crippen LogP contribution in [-0.2, 0) is 14.4 Å². The van der Waals surface area contributed by atoms with Crippen molar-refractivity contribution in [1.29, 1.82) is 0 Å². The molecule has 0 saturated carbocycles. The molecule has 158 valence electrons. The summed E-state index contributed by atoms with van der Waals surface area (Å²) in [5.74, 6) is -2.73. The van der Waals surface area contributed by atoms with E-state index in [1.54, 1.807) is 4.90 Å². The number of amides is 3. The molecule has 2 aliphatic rings. The van der Waals surface area contributed by atoms with Crippen molar-refractivity contribution >= 4 is 17.7 Å². The predicted octanol–water partition coefficient (Wildman–Crippen LogP) is 2.22. The van der Waals surface area contributed by atoms with Crippen LogP contribution in [0.15, 0.2) is 30.3 Å². The Balaban J connectivity index is 1.61. The van der Waals surface area contributed by atoms with Gasteiger partial charge in [0.1, 0.15) is 0 Å². The first-order valence-corrected chi connectivity index (χ1v) is 9.67. The largest absolute Gasteiger partial charge is 0.471 e. The van der Waals surface area contributed by atoms with Crippen LogP contribution in [0.4, 0.5) is 13.2 Å². The van der Waals surface area contributed by atoms with Crippen molar-refractivity contribution in [2.24, 2.45) is 5.92 Å². The maximum atomic E-state index is 12.9. The highest BCUT2D eigenvalue weighted by molar-refractivity contribution is 5.89. The summed E-state index contributed by atoms with van der Waals surface area (Å²) in [7, 11) is 0. The maximum absolute atomic E-state index is 12.9. The predicted molar refractivity (Wildman–Crippen MR) is 98.5 cm³/mol. The van der Waals surface area contributed by atoms with E-state index in [9.17, 15) is 27.6 Å². The highest BCUT2D eigenvalue weighted by Crippen LogP contribution is 2.29. The molecule has 2 unspecified atom stereocenters. The molecule has 3 amide bonds. The number of carbonyl (C=O) groups is 3. The molecule has 2 saturated heterocycles. The quantitative estimate of drug-likeness (QED) is 0.766. The minimum Gasteiger partial charge on any atom is -0.341 e. The molecule has 1 aromatic rings. The lowest BCUT2D eigenvalue weighted by atomic mass is 10.1. The summed E-state index contributed by atoms with van der Waals surface area (Å²) in [6, 6.07) is 9.36. The molecule has 0 N–H and O–H groups in total. The Morgan fingerprint density at radius 1 is 1.03 bits per heavy atom. The topological polar surface area (TPSA) is 60.9 Å².